The minimum absolute atomic E-state index is 0.218. The molecule has 0 saturated carbocycles. The standard InChI is InChI=1S/C35H32ClN5O5S/c1-4-45-31-18-23(17-29(36)33(31)46-20-32(42)38-26-13-15-28(44-3)16-14-26)19-37-41-34(43)25-9-7-24(8-10-25)30-21-47-35(40-30)39-27-11-5-22(2)6-12-27/h5-19,21H,4,20H2,1-3H3,(H,38,42)(H,39,40)(H,41,43)/b37-19+. The normalized spacial score (nSPS) is 10.8. The van der Waals surface area contributed by atoms with Gasteiger partial charge in [0, 0.05) is 27.9 Å². The van der Waals surface area contributed by atoms with Gasteiger partial charge in [-0.3, -0.25) is 9.59 Å². The first-order chi connectivity index (χ1) is 22.8. The largest absolute Gasteiger partial charge is 0.497 e. The van der Waals surface area contributed by atoms with Gasteiger partial charge in [0.05, 0.1) is 30.6 Å². The van der Waals surface area contributed by atoms with Crippen LogP contribution in [0, 0.1) is 6.92 Å². The summed E-state index contributed by atoms with van der Waals surface area (Å²) >= 11 is 8.00. The fraction of sp³-hybridized carbons (Fsp3) is 0.143. The number of hydrogen-bond donors (Lipinski definition) is 3. The number of hydrogen-bond acceptors (Lipinski definition) is 9. The Morgan fingerprint density at radius 2 is 1.68 bits per heavy atom. The summed E-state index contributed by atoms with van der Waals surface area (Å²) in [4.78, 5) is 29.9. The van der Waals surface area contributed by atoms with E-state index in [1.807, 2.05) is 55.6 Å². The second-order valence-corrected chi connectivity index (χ2v) is 11.4. The smallest absolute Gasteiger partial charge is 0.271 e. The zero-order chi connectivity index (χ0) is 33.2. The van der Waals surface area contributed by atoms with Gasteiger partial charge in [-0.25, -0.2) is 10.4 Å². The number of ether oxygens (including phenoxy) is 3. The lowest BCUT2D eigenvalue weighted by atomic mass is 10.1. The number of methoxy groups -OCH3 is 1. The van der Waals surface area contributed by atoms with Crippen LogP contribution in [0.25, 0.3) is 11.3 Å². The van der Waals surface area contributed by atoms with Crippen LogP contribution < -0.4 is 30.3 Å². The Morgan fingerprint density at radius 1 is 0.957 bits per heavy atom. The number of amides is 2. The number of carbonyl (C=O) groups excluding carboxylic acids is 2. The fourth-order valence-corrected chi connectivity index (χ4v) is 5.33. The van der Waals surface area contributed by atoms with Crippen molar-refractivity contribution in [2.75, 3.05) is 31.0 Å². The summed E-state index contributed by atoms with van der Waals surface area (Å²) in [5.41, 5.74) is 7.97. The summed E-state index contributed by atoms with van der Waals surface area (Å²) in [6.07, 6.45) is 1.44. The van der Waals surface area contributed by atoms with Crippen LogP contribution in [0.3, 0.4) is 0 Å². The van der Waals surface area contributed by atoms with Crippen molar-refractivity contribution in [3.8, 4) is 28.5 Å². The van der Waals surface area contributed by atoms with E-state index in [-0.39, 0.29) is 29.2 Å². The number of rotatable bonds is 13. The maximum absolute atomic E-state index is 12.8. The fourth-order valence-electron chi connectivity index (χ4n) is 4.32. The molecule has 0 atom stereocenters. The molecule has 240 valence electrons. The highest BCUT2D eigenvalue weighted by atomic mass is 35.5. The van der Waals surface area contributed by atoms with Crippen LogP contribution >= 0.6 is 22.9 Å². The summed E-state index contributed by atoms with van der Waals surface area (Å²) in [7, 11) is 1.57. The number of anilines is 3. The summed E-state index contributed by atoms with van der Waals surface area (Å²) in [6, 6.07) is 25.4. The topological polar surface area (TPSA) is 123 Å². The van der Waals surface area contributed by atoms with E-state index in [4.69, 9.17) is 25.8 Å². The van der Waals surface area contributed by atoms with Gasteiger partial charge in [-0.1, -0.05) is 41.4 Å². The third-order valence-corrected chi connectivity index (χ3v) is 7.72. The Morgan fingerprint density at radius 3 is 2.38 bits per heavy atom. The number of benzene rings is 4. The Labute approximate surface area is 281 Å². The van der Waals surface area contributed by atoms with Crippen LogP contribution in [0.1, 0.15) is 28.4 Å². The molecule has 0 saturated heterocycles. The third kappa shape index (κ3) is 9.09. The summed E-state index contributed by atoms with van der Waals surface area (Å²) in [5, 5.41) is 13.1. The van der Waals surface area contributed by atoms with Crippen molar-refractivity contribution in [3.63, 3.8) is 0 Å². The number of hydrazone groups is 1. The van der Waals surface area contributed by atoms with Gasteiger partial charge in [-0.05, 0) is 80.1 Å². The highest BCUT2D eigenvalue weighted by molar-refractivity contribution is 7.14. The third-order valence-electron chi connectivity index (χ3n) is 6.68. The number of nitrogens with zero attached hydrogens (tertiary/aromatic N) is 2. The maximum atomic E-state index is 12.8. The summed E-state index contributed by atoms with van der Waals surface area (Å²) in [6.45, 7) is 3.91. The number of aryl methyl sites for hydroxylation is 1. The molecule has 1 heterocycles. The quantitative estimate of drug-likeness (QED) is 0.0867. The molecule has 47 heavy (non-hydrogen) atoms. The summed E-state index contributed by atoms with van der Waals surface area (Å²) < 4.78 is 16.5. The molecule has 0 aliphatic heterocycles. The lowest BCUT2D eigenvalue weighted by molar-refractivity contribution is -0.118. The molecule has 5 rings (SSSR count). The van der Waals surface area contributed by atoms with Crippen LogP contribution in [0.15, 0.2) is 95.4 Å². The van der Waals surface area contributed by atoms with E-state index < -0.39 is 0 Å². The lowest BCUT2D eigenvalue weighted by Gasteiger charge is -2.14. The molecule has 3 N–H and O–H groups in total. The molecule has 5 aromatic rings. The van der Waals surface area contributed by atoms with Crippen LogP contribution in [-0.2, 0) is 4.79 Å². The predicted molar refractivity (Wildman–Crippen MR) is 187 cm³/mol. The minimum Gasteiger partial charge on any atom is -0.497 e. The van der Waals surface area contributed by atoms with E-state index in [2.05, 4.69) is 26.1 Å². The van der Waals surface area contributed by atoms with Crippen molar-refractivity contribution in [3.05, 3.63) is 112 Å². The highest BCUT2D eigenvalue weighted by Gasteiger charge is 2.15. The van der Waals surface area contributed by atoms with Crippen LogP contribution in [0.5, 0.6) is 17.2 Å². The van der Waals surface area contributed by atoms with E-state index in [0.29, 0.717) is 34.9 Å². The molecule has 0 radical (unpaired) electrons. The zero-order valence-electron chi connectivity index (χ0n) is 25.9. The molecule has 4 aromatic carbocycles. The van der Waals surface area contributed by atoms with Gasteiger partial charge in [-0.15, -0.1) is 11.3 Å². The van der Waals surface area contributed by atoms with Crippen molar-refractivity contribution in [1.82, 2.24) is 10.4 Å². The molecular formula is C35H32ClN5O5S. The SMILES string of the molecule is CCOc1cc(/C=N/NC(=O)c2ccc(-c3csc(Nc4ccc(C)cc4)n3)cc2)cc(Cl)c1OCC(=O)Nc1ccc(OC)cc1. The molecule has 2 amide bonds. The van der Waals surface area contributed by atoms with Gasteiger partial charge in [0.1, 0.15) is 5.75 Å². The Hall–Kier alpha value is -5.39. The first kappa shape index (κ1) is 33.0. The van der Waals surface area contributed by atoms with Crippen molar-refractivity contribution in [2.45, 2.75) is 13.8 Å². The van der Waals surface area contributed by atoms with Gasteiger partial charge < -0.3 is 24.8 Å². The van der Waals surface area contributed by atoms with Gasteiger partial charge in [0.25, 0.3) is 11.8 Å². The van der Waals surface area contributed by atoms with Crippen LogP contribution in [0.4, 0.5) is 16.5 Å². The van der Waals surface area contributed by atoms with E-state index in [0.717, 1.165) is 22.1 Å². The first-order valence-electron chi connectivity index (χ1n) is 14.6. The number of carbonyl (C=O) groups is 2. The Bertz CT molecular complexity index is 1860. The van der Waals surface area contributed by atoms with Crippen molar-refractivity contribution < 1.29 is 23.8 Å². The zero-order valence-corrected chi connectivity index (χ0v) is 27.4. The molecule has 0 spiro atoms. The predicted octanol–water partition coefficient (Wildman–Crippen LogP) is 7.70. The Balaban J connectivity index is 1.16. The number of nitrogens with one attached hydrogen (secondary N) is 3. The second kappa shape index (κ2) is 15.7. The monoisotopic (exact) mass is 669 g/mol. The van der Waals surface area contributed by atoms with Crippen molar-refractivity contribution >= 4 is 57.5 Å². The molecule has 0 bridgehead atoms. The maximum Gasteiger partial charge on any atom is 0.271 e. The molecule has 0 unspecified atom stereocenters. The van der Waals surface area contributed by atoms with Crippen LogP contribution in [-0.4, -0.2) is 43.3 Å². The second-order valence-electron chi connectivity index (χ2n) is 10.1. The molecule has 12 heteroatoms. The van der Waals surface area contributed by atoms with Crippen LogP contribution in [0.2, 0.25) is 5.02 Å². The molecule has 10 nitrogen and oxygen atoms in total. The van der Waals surface area contributed by atoms with Gasteiger partial charge >= 0.3 is 0 Å². The lowest BCUT2D eigenvalue weighted by Crippen LogP contribution is -2.20. The molecule has 0 aliphatic carbocycles. The molecule has 1 aromatic heterocycles. The average Bonchev–Trinajstić information content (AvgIpc) is 3.54. The van der Waals surface area contributed by atoms with Crippen molar-refractivity contribution in [2.24, 2.45) is 5.10 Å². The number of thiazole rings is 1. The molecule has 0 aliphatic rings. The van der Waals surface area contributed by atoms with Gasteiger partial charge in [0.2, 0.25) is 0 Å². The van der Waals surface area contributed by atoms with Gasteiger partial charge in [-0.2, -0.15) is 5.10 Å². The van der Waals surface area contributed by atoms with E-state index >= 15 is 0 Å². The van der Waals surface area contributed by atoms with E-state index in [9.17, 15) is 9.59 Å². The average molecular weight is 670 g/mol. The molecular weight excluding hydrogens is 638 g/mol. The van der Waals surface area contributed by atoms with Gasteiger partial charge in [0.15, 0.2) is 23.2 Å². The summed E-state index contributed by atoms with van der Waals surface area (Å²) in [5.74, 6) is 0.476. The minimum atomic E-state index is -0.383. The van der Waals surface area contributed by atoms with Crippen molar-refractivity contribution in [1.29, 1.82) is 0 Å². The first-order valence-corrected chi connectivity index (χ1v) is 15.8. The Kier molecular flexibility index (Phi) is 11.1. The molecule has 0 fully saturated rings. The number of aromatic nitrogens is 1. The highest BCUT2D eigenvalue weighted by Crippen LogP contribution is 2.36. The van der Waals surface area contributed by atoms with E-state index in [1.54, 1.807) is 55.6 Å². The van der Waals surface area contributed by atoms with E-state index in [1.165, 1.54) is 23.1 Å². The number of halogens is 1.